The van der Waals surface area contributed by atoms with E-state index in [4.69, 9.17) is 17.0 Å². The molecule has 2 atom stereocenters. The Labute approximate surface area is 228 Å². The van der Waals surface area contributed by atoms with Gasteiger partial charge in [-0.3, -0.25) is 4.98 Å². The molecule has 0 spiro atoms. The summed E-state index contributed by atoms with van der Waals surface area (Å²) in [6.45, 7) is 4.19. The van der Waals surface area contributed by atoms with Crippen LogP contribution in [0.2, 0.25) is 0 Å². The van der Waals surface area contributed by atoms with Gasteiger partial charge in [0.05, 0.1) is 23.9 Å². The van der Waals surface area contributed by atoms with Crippen LogP contribution >= 0.6 is 12.2 Å². The summed E-state index contributed by atoms with van der Waals surface area (Å²) in [6.07, 6.45) is 6.86. The fourth-order valence-electron chi connectivity index (χ4n) is 5.91. The number of aryl methyl sites for hydroxylation is 1. The van der Waals surface area contributed by atoms with Crippen LogP contribution in [0.3, 0.4) is 0 Å². The molecule has 1 saturated heterocycles. The molecule has 4 aromatic rings. The van der Waals surface area contributed by atoms with Crippen LogP contribution in [0.25, 0.3) is 5.69 Å². The van der Waals surface area contributed by atoms with Gasteiger partial charge in [0.1, 0.15) is 11.6 Å². The maximum Gasteiger partial charge on any atom is 0.174 e. The van der Waals surface area contributed by atoms with Gasteiger partial charge in [0, 0.05) is 29.0 Å². The van der Waals surface area contributed by atoms with E-state index in [0.29, 0.717) is 11.2 Å². The Hall–Kier alpha value is -3.71. The summed E-state index contributed by atoms with van der Waals surface area (Å²) in [5.41, 5.74) is 6.14. The predicted octanol–water partition coefficient (Wildman–Crippen LogP) is 7.13. The molecule has 1 saturated carbocycles. The highest BCUT2D eigenvalue weighted by Gasteiger charge is 2.42. The number of nitrogens with zero attached hydrogens (tertiary/aromatic N) is 3. The standard InChI is InChI=1S/C31H31FN4OS/c1-20-19-27(21(2)35(20)23-12-10-22(32)11-13-23)30-29(28-9-5-6-18-33-28)34-31(38)36(30)24-14-16-26(17-15-24)37-25-7-3-4-8-25/h5-6,9-19,25,29-30H,3-4,7-8H2,1-2H3,(H,34,38)/t29-,30+/m0/s1. The van der Waals surface area contributed by atoms with Crippen molar-refractivity contribution < 1.29 is 9.13 Å². The zero-order valence-corrected chi connectivity index (χ0v) is 22.4. The average molecular weight is 527 g/mol. The zero-order chi connectivity index (χ0) is 26.2. The SMILES string of the molecule is Cc1cc([C@@H]2[C@H](c3ccccn3)NC(=S)N2c2ccc(OC3CCCC3)cc2)c(C)n1-c1ccc(F)cc1. The third kappa shape index (κ3) is 4.56. The van der Waals surface area contributed by atoms with Gasteiger partial charge in [-0.15, -0.1) is 0 Å². The first-order chi connectivity index (χ1) is 18.5. The molecule has 7 heteroatoms. The number of halogens is 1. The van der Waals surface area contributed by atoms with Gasteiger partial charge < -0.3 is 19.5 Å². The van der Waals surface area contributed by atoms with Crippen molar-refractivity contribution >= 4 is 23.0 Å². The lowest BCUT2D eigenvalue weighted by Crippen LogP contribution is -2.29. The summed E-state index contributed by atoms with van der Waals surface area (Å²) in [4.78, 5) is 6.87. The number of benzene rings is 2. The highest BCUT2D eigenvalue weighted by atomic mass is 32.1. The normalized spacial score (nSPS) is 19.7. The minimum atomic E-state index is -0.247. The molecule has 2 aromatic heterocycles. The molecule has 6 rings (SSSR count). The number of aromatic nitrogens is 2. The van der Waals surface area contributed by atoms with Gasteiger partial charge in [0.2, 0.25) is 0 Å². The molecule has 5 nitrogen and oxygen atoms in total. The molecule has 0 radical (unpaired) electrons. The maximum atomic E-state index is 13.7. The van der Waals surface area contributed by atoms with E-state index in [9.17, 15) is 4.39 Å². The van der Waals surface area contributed by atoms with Gasteiger partial charge in [0.25, 0.3) is 0 Å². The van der Waals surface area contributed by atoms with E-state index in [-0.39, 0.29) is 17.9 Å². The van der Waals surface area contributed by atoms with E-state index in [1.165, 1.54) is 25.0 Å². The Morgan fingerprint density at radius 2 is 1.66 bits per heavy atom. The fourth-order valence-corrected chi connectivity index (χ4v) is 6.25. The molecule has 1 aliphatic carbocycles. The Bertz CT molecular complexity index is 1430. The third-order valence-electron chi connectivity index (χ3n) is 7.69. The zero-order valence-electron chi connectivity index (χ0n) is 21.6. The van der Waals surface area contributed by atoms with Crippen LogP contribution in [0.4, 0.5) is 10.1 Å². The second kappa shape index (κ2) is 10.2. The van der Waals surface area contributed by atoms with E-state index < -0.39 is 0 Å². The summed E-state index contributed by atoms with van der Waals surface area (Å²) in [5, 5.41) is 4.20. The topological polar surface area (TPSA) is 42.3 Å². The molecule has 0 bridgehead atoms. The average Bonchev–Trinajstić information content (AvgIpc) is 3.64. The van der Waals surface area contributed by atoms with E-state index in [2.05, 4.69) is 51.8 Å². The lowest BCUT2D eigenvalue weighted by molar-refractivity contribution is 0.210. The lowest BCUT2D eigenvalue weighted by Gasteiger charge is -2.28. The maximum absolute atomic E-state index is 13.7. The second-order valence-electron chi connectivity index (χ2n) is 10.2. The van der Waals surface area contributed by atoms with E-state index in [1.807, 2.05) is 48.7 Å². The van der Waals surface area contributed by atoms with Crippen molar-refractivity contribution in [1.29, 1.82) is 0 Å². The van der Waals surface area contributed by atoms with Crippen molar-refractivity contribution in [2.75, 3.05) is 4.90 Å². The number of ether oxygens (including phenoxy) is 1. The Balaban J connectivity index is 1.41. The van der Waals surface area contributed by atoms with E-state index in [0.717, 1.165) is 52.6 Å². The van der Waals surface area contributed by atoms with Crippen molar-refractivity contribution in [3.8, 4) is 11.4 Å². The summed E-state index contributed by atoms with van der Waals surface area (Å²) in [6, 6.07) is 22.8. The molecule has 194 valence electrons. The van der Waals surface area contributed by atoms with Crippen LogP contribution < -0.4 is 15.0 Å². The summed E-state index contributed by atoms with van der Waals surface area (Å²) in [5.74, 6) is 0.648. The van der Waals surface area contributed by atoms with Crippen LogP contribution in [0, 0.1) is 19.7 Å². The number of nitrogens with one attached hydrogen (secondary N) is 1. The van der Waals surface area contributed by atoms with E-state index in [1.54, 1.807) is 0 Å². The molecule has 3 heterocycles. The Morgan fingerprint density at radius 1 is 0.947 bits per heavy atom. The van der Waals surface area contributed by atoms with Gasteiger partial charge in [-0.1, -0.05) is 6.07 Å². The first-order valence-electron chi connectivity index (χ1n) is 13.2. The number of hydrogen-bond donors (Lipinski definition) is 1. The largest absolute Gasteiger partial charge is 0.490 e. The molecule has 2 fully saturated rings. The Kier molecular flexibility index (Phi) is 6.62. The van der Waals surface area contributed by atoms with Gasteiger partial charge in [0.15, 0.2) is 5.11 Å². The molecular weight excluding hydrogens is 495 g/mol. The minimum absolute atomic E-state index is 0.126. The van der Waals surface area contributed by atoms with Crippen LogP contribution in [0.1, 0.15) is 60.4 Å². The summed E-state index contributed by atoms with van der Waals surface area (Å²) in [7, 11) is 0. The highest BCUT2D eigenvalue weighted by molar-refractivity contribution is 7.80. The molecular formula is C31H31FN4OS. The summed E-state index contributed by atoms with van der Waals surface area (Å²) < 4.78 is 22.0. The van der Waals surface area contributed by atoms with Gasteiger partial charge in [-0.2, -0.15) is 0 Å². The van der Waals surface area contributed by atoms with Crippen molar-refractivity contribution in [3.05, 3.63) is 107 Å². The molecule has 1 aliphatic heterocycles. The van der Waals surface area contributed by atoms with Gasteiger partial charge >= 0.3 is 0 Å². The fraction of sp³-hybridized carbons (Fsp3) is 0.290. The lowest BCUT2D eigenvalue weighted by atomic mass is 9.96. The monoisotopic (exact) mass is 526 g/mol. The number of hydrogen-bond acceptors (Lipinski definition) is 3. The summed E-state index contributed by atoms with van der Waals surface area (Å²) >= 11 is 5.92. The van der Waals surface area contributed by atoms with Crippen LogP contribution in [-0.2, 0) is 0 Å². The Morgan fingerprint density at radius 3 is 2.34 bits per heavy atom. The van der Waals surface area contributed by atoms with Crippen molar-refractivity contribution in [2.45, 2.75) is 57.7 Å². The third-order valence-corrected chi connectivity index (χ3v) is 8.01. The smallest absolute Gasteiger partial charge is 0.174 e. The molecule has 38 heavy (non-hydrogen) atoms. The van der Waals surface area contributed by atoms with E-state index >= 15 is 0 Å². The van der Waals surface area contributed by atoms with Crippen molar-refractivity contribution in [2.24, 2.45) is 0 Å². The first kappa shape index (κ1) is 24.6. The first-order valence-corrected chi connectivity index (χ1v) is 13.6. The quantitative estimate of drug-likeness (QED) is 0.271. The molecule has 0 amide bonds. The number of anilines is 1. The van der Waals surface area contributed by atoms with Crippen LogP contribution in [0.5, 0.6) is 5.75 Å². The predicted molar refractivity (Wildman–Crippen MR) is 152 cm³/mol. The van der Waals surface area contributed by atoms with Gasteiger partial charge in [-0.25, -0.2) is 4.39 Å². The van der Waals surface area contributed by atoms with Gasteiger partial charge in [-0.05, 0) is 124 Å². The molecule has 0 unspecified atom stereocenters. The van der Waals surface area contributed by atoms with Crippen molar-refractivity contribution in [1.82, 2.24) is 14.9 Å². The molecule has 1 N–H and O–H groups in total. The number of pyridine rings is 1. The minimum Gasteiger partial charge on any atom is -0.490 e. The number of thiocarbonyl (C=S) groups is 1. The second-order valence-corrected chi connectivity index (χ2v) is 10.5. The van der Waals surface area contributed by atoms with Crippen LogP contribution in [-0.4, -0.2) is 20.8 Å². The highest BCUT2D eigenvalue weighted by Crippen LogP contribution is 2.44. The molecule has 2 aromatic carbocycles. The van der Waals surface area contributed by atoms with Crippen LogP contribution in [0.15, 0.2) is 79.0 Å². The van der Waals surface area contributed by atoms with Crippen molar-refractivity contribution in [3.63, 3.8) is 0 Å². The molecule has 2 aliphatic rings. The number of rotatable bonds is 6.